The number of rotatable bonds is 17. The zero-order valence-corrected chi connectivity index (χ0v) is 25.3. The molecule has 7 nitrogen and oxygen atoms in total. The summed E-state index contributed by atoms with van der Waals surface area (Å²) in [5.74, 6) is 0.531. The Balaban J connectivity index is 1.69. The van der Waals surface area contributed by atoms with Gasteiger partial charge in [0.2, 0.25) is 0 Å². The number of esters is 1. The van der Waals surface area contributed by atoms with Crippen LogP contribution in [0.5, 0.6) is 0 Å². The van der Waals surface area contributed by atoms with E-state index in [1.165, 1.54) is 26.4 Å². The van der Waals surface area contributed by atoms with Gasteiger partial charge in [0.25, 0.3) is 0 Å². The number of hydrogen-bond donors (Lipinski definition) is 1. The van der Waals surface area contributed by atoms with Gasteiger partial charge in [0.05, 0.1) is 25.4 Å². The first-order chi connectivity index (χ1) is 19.5. The summed E-state index contributed by atoms with van der Waals surface area (Å²) in [6.07, 6.45) is 22.2. The predicted octanol–water partition coefficient (Wildman–Crippen LogP) is 6.87. The summed E-state index contributed by atoms with van der Waals surface area (Å²) in [6.45, 7) is 6.07. The van der Waals surface area contributed by atoms with Crippen LogP contribution in [0.4, 0.5) is 0 Å². The fourth-order valence-corrected chi connectivity index (χ4v) is 6.19. The first-order valence-electron chi connectivity index (χ1n) is 16.1. The maximum atomic E-state index is 11.4. The number of hydrogen-bond acceptors (Lipinski definition) is 7. The molecular weight excluding hydrogens is 508 g/mol. The maximum Gasteiger partial charge on any atom is 0.305 e. The molecule has 40 heavy (non-hydrogen) atoms. The van der Waals surface area contributed by atoms with Crippen LogP contribution in [0.1, 0.15) is 110 Å². The van der Waals surface area contributed by atoms with Crippen LogP contribution >= 0.6 is 0 Å². The van der Waals surface area contributed by atoms with Crippen molar-refractivity contribution in [2.45, 2.75) is 141 Å². The van der Waals surface area contributed by atoms with E-state index >= 15 is 0 Å². The molecule has 3 rings (SSSR count). The van der Waals surface area contributed by atoms with Crippen molar-refractivity contribution in [1.29, 1.82) is 0 Å². The third-order valence-electron chi connectivity index (χ3n) is 8.61. The zero-order chi connectivity index (χ0) is 28.6. The average Bonchev–Trinajstić information content (AvgIpc) is 3.26. The Morgan fingerprint density at radius 1 is 1.05 bits per heavy atom. The molecule has 2 heterocycles. The lowest BCUT2D eigenvalue weighted by atomic mass is 9.89. The minimum Gasteiger partial charge on any atom is -0.469 e. The highest BCUT2D eigenvalue weighted by Gasteiger charge is 2.42. The van der Waals surface area contributed by atoms with Crippen molar-refractivity contribution < 1.29 is 33.6 Å². The Labute approximate surface area is 243 Å². The van der Waals surface area contributed by atoms with Crippen molar-refractivity contribution in [2.75, 3.05) is 20.3 Å². The van der Waals surface area contributed by atoms with Crippen molar-refractivity contribution in [3.8, 4) is 0 Å². The molecule has 0 spiro atoms. The molecule has 0 amide bonds. The highest BCUT2D eigenvalue weighted by atomic mass is 16.7. The second-order valence-electron chi connectivity index (χ2n) is 12.0. The van der Waals surface area contributed by atoms with Gasteiger partial charge < -0.3 is 28.8 Å². The van der Waals surface area contributed by atoms with Crippen LogP contribution in [0.25, 0.3) is 0 Å². The van der Waals surface area contributed by atoms with Gasteiger partial charge in [0.15, 0.2) is 12.6 Å². The summed E-state index contributed by atoms with van der Waals surface area (Å²) < 4.78 is 29.6. The van der Waals surface area contributed by atoms with Gasteiger partial charge in [-0.05, 0) is 76.0 Å². The SMILES string of the molecule is CCCC[C@H](C)C[C@H](/C=C/[C@@H]1[C@@H](C/C=C\CCCC(=O)OC)[C@H](O)C[C@H]1OC1CCCCO1)OC1CCCCO1. The largest absolute Gasteiger partial charge is 0.469 e. The summed E-state index contributed by atoms with van der Waals surface area (Å²) in [7, 11) is 1.42. The molecule has 0 radical (unpaired) electrons. The quantitative estimate of drug-likeness (QED) is 0.117. The third kappa shape index (κ3) is 11.9. The average molecular weight is 565 g/mol. The molecule has 0 aromatic rings. The zero-order valence-electron chi connectivity index (χ0n) is 25.3. The van der Waals surface area contributed by atoms with Gasteiger partial charge in [0.1, 0.15) is 0 Å². The Morgan fingerprint density at radius 2 is 1.80 bits per heavy atom. The summed E-state index contributed by atoms with van der Waals surface area (Å²) in [4.78, 5) is 11.4. The van der Waals surface area contributed by atoms with E-state index in [2.05, 4.69) is 38.2 Å². The van der Waals surface area contributed by atoms with Crippen LogP contribution < -0.4 is 0 Å². The van der Waals surface area contributed by atoms with E-state index in [1.54, 1.807) is 0 Å². The fraction of sp³-hybridized carbons (Fsp3) is 0.848. The van der Waals surface area contributed by atoms with Crippen molar-refractivity contribution in [3.63, 3.8) is 0 Å². The van der Waals surface area contributed by atoms with Gasteiger partial charge >= 0.3 is 5.97 Å². The summed E-state index contributed by atoms with van der Waals surface area (Å²) in [5.41, 5.74) is 0. The Hall–Kier alpha value is -1.25. The van der Waals surface area contributed by atoms with Crippen LogP contribution in [-0.2, 0) is 28.5 Å². The van der Waals surface area contributed by atoms with Crippen molar-refractivity contribution >= 4 is 5.97 Å². The van der Waals surface area contributed by atoms with Gasteiger partial charge in [-0.3, -0.25) is 4.79 Å². The molecular formula is C33H56O7. The minimum absolute atomic E-state index is 0.0196. The standard InChI is InChI=1S/C33H56O7/c1-4-5-14-25(2)23-26(39-32-17-10-12-21-37-32)19-20-28-27(15-8-6-7-9-16-31(35)36-3)29(34)24-30(28)40-33-18-11-13-22-38-33/h6,8,19-20,25-30,32-34H,4-5,7,9-18,21-24H2,1-3H3/b8-6-,20-19+/t25-,26-,27+,28+,29+,30+,32?,33?/m0/s1. The van der Waals surface area contributed by atoms with E-state index in [4.69, 9.17) is 23.7 Å². The lowest BCUT2D eigenvalue weighted by Gasteiger charge is -2.30. The summed E-state index contributed by atoms with van der Waals surface area (Å²) >= 11 is 0. The number of aliphatic hydroxyl groups is 1. The predicted molar refractivity (Wildman–Crippen MR) is 157 cm³/mol. The lowest BCUT2D eigenvalue weighted by molar-refractivity contribution is -0.193. The molecule has 230 valence electrons. The molecule has 1 N–H and O–H groups in total. The molecule has 0 aromatic heterocycles. The number of aliphatic hydroxyl groups excluding tert-OH is 1. The van der Waals surface area contributed by atoms with E-state index in [9.17, 15) is 9.90 Å². The molecule has 2 saturated heterocycles. The molecule has 1 saturated carbocycles. The Bertz CT molecular complexity index is 741. The fourth-order valence-electron chi connectivity index (χ4n) is 6.19. The van der Waals surface area contributed by atoms with E-state index in [0.29, 0.717) is 18.8 Å². The molecule has 0 bridgehead atoms. The number of carbonyl (C=O) groups excluding carboxylic acids is 1. The number of ether oxygens (including phenoxy) is 5. The number of methoxy groups -OCH3 is 1. The van der Waals surface area contributed by atoms with Crippen molar-refractivity contribution in [3.05, 3.63) is 24.3 Å². The highest BCUT2D eigenvalue weighted by molar-refractivity contribution is 5.69. The number of allylic oxidation sites excluding steroid dienone is 2. The summed E-state index contributed by atoms with van der Waals surface area (Å²) in [5, 5.41) is 11.1. The van der Waals surface area contributed by atoms with Crippen LogP contribution in [0, 0.1) is 17.8 Å². The van der Waals surface area contributed by atoms with Gasteiger partial charge in [0, 0.05) is 32.0 Å². The second kappa shape index (κ2) is 19.0. The first-order valence-corrected chi connectivity index (χ1v) is 16.1. The smallest absolute Gasteiger partial charge is 0.305 e. The van der Waals surface area contributed by atoms with E-state index < -0.39 is 6.10 Å². The van der Waals surface area contributed by atoms with Crippen molar-refractivity contribution in [2.24, 2.45) is 17.8 Å². The Morgan fingerprint density at radius 3 is 2.48 bits per heavy atom. The Kier molecular flexibility index (Phi) is 15.8. The topological polar surface area (TPSA) is 83.5 Å². The maximum absolute atomic E-state index is 11.4. The molecule has 8 atom stereocenters. The van der Waals surface area contributed by atoms with Crippen molar-refractivity contribution in [1.82, 2.24) is 0 Å². The molecule has 2 unspecified atom stereocenters. The third-order valence-corrected chi connectivity index (χ3v) is 8.61. The lowest BCUT2D eigenvalue weighted by Crippen LogP contribution is -2.31. The minimum atomic E-state index is -0.438. The van der Waals surface area contributed by atoms with Gasteiger partial charge in [-0.15, -0.1) is 0 Å². The first kappa shape index (κ1) is 33.3. The number of carbonyl (C=O) groups is 1. The van der Waals surface area contributed by atoms with Gasteiger partial charge in [-0.25, -0.2) is 0 Å². The van der Waals surface area contributed by atoms with E-state index in [1.807, 2.05) is 0 Å². The molecule has 2 aliphatic heterocycles. The monoisotopic (exact) mass is 564 g/mol. The van der Waals surface area contributed by atoms with E-state index in [-0.39, 0.29) is 42.6 Å². The normalized spacial score (nSPS) is 31.1. The molecule has 1 aliphatic carbocycles. The molecule has 3 fully saturated rings. The van der Waals surface area contributed by atoms with Crippen LogP contribution in [0.3, 0.4) is 0 Å². The highest BCUT2D eigenvalue weighted by Crippen LogP contribution is 2.40. The summed E-state index contributed by atoms with van der Waals surface area (Å²) in [6, 6.07) is 0. The molecule has 7 heteroatoms. The number of unbranched alkanes of at least 4 members (excludes halogenated alkanes) is 2. The second-order valence-corrected chi connectivity index (χ2v) is 12.0. The van der Waals surface area contributed by atoms with Gasteiger partial charge in [-0.2, -0.15) is 0 Å². The van der Waals surface area contributed by atoms with Crippen LogP contribution in [0.15, 0.2) is 24.3 Å². The van der Waals surface area contributed by atoms with E-state index in [0.717, 1.165) is 77.4 Å². The molecule has 0 aromatic carbocycles. The van der Waals surface area contributed by atoms with Crippen LogP contribution in [0.2, 0.25) is 0 Å². The van der Waals surface area contributed by atoms with Gasteiger partial charge in [-0.1, -0.05) is 57.4 Å². The van der Waals surface area contributed by atoms with Crippen LogP contribution in [-0.4, -0.2) is 62.3 Å². The molecule has 3 aliphatic rings.